The molecule has 0 aliphatic rings. The number of methoxy groups -OCH3 is 1. The first-order valence-electron chi connectivity index (χ1n) is 9.72. The van der Waals surface area contributed by atoms with Gasteiger partial charge in [-0.25, -0.2) is 0 Å². The fourth-order valence-corrected chi connectivity index (χ4v) is 3.16. The SMILES string of the molecule is COc1ccccc1C(=O)NCCC(=O)NCC(c1ccccc1)C(C)(C)CO. The number of hydrogen-bond donors (Lipinski definition) is 3. The van der Waals surface area contributed by atoms with Crippen LogP contribution in [0.2, 0.25) is 0 Å². The standard InChI is InChI=1S/C23H30N2O4/c1-23(2,16-26)19(17-9-5-4-6-10-17)15-25-21(27)13-14-24-22(28)18-11-7-8-12-20(18)29-3/h4-12,19,26H,13-16H2,1-3H3,(H,24,28)(H,25,27). The van der Waals surface area contributed by atoms with Gasteiger partial charge in [0.15, 0.2) is 0 Å². The molecule has 0 heterocycles. The van der Waals surface area contributed by atoms with Gasteiger partial charge in [0.05, 0.1) is 12.7 Å². The third-order valence-electron chi connectivity index (χ3n) is 5.05. The molecule has 2 aromatic rings. The molecule has 1 atom stereocenters. The monoisotopic (exact) mass is 398 g/mol. The number of amides is 2. The van der Waals surface area contributed by atoms with Crippen LogP contribution in [0.15, 0.2) is 54.6 Å². The zero-order valence-corrected chi connectivity index (χ0v) is 17.3. The Balaban J connectivity index is 1.87. The molecule has 2 amide bonds. The first-order chi connectivity index (χ1) is 13.9. The zero-order chi connectivity index (χ0) is 21.3. The van der Waals surface area contributed by atoms with Gasteiger partial charge in [-0.3, -0.25) is 9.59 Å². The molecule has 29 heavy (non-hydrogen) atoms. The number of ether oxygens (including phenoxy) is 1. The van der Waals surface area contributed by atoms with Crippen LogP contribution in [0.4, 0.5) is 0 Å². The minimum atomic E-state index is -0.382. The maximum absolute atomic E-state index is 12.3. The average Bonchev–Trinajstić information content (AvgIpc) is 2.74. The minimum Gasteiger partial charge on any atom is -0.496 e. The number of benzene rings is 2. The van der Waals surface area contributed by atoms with E-state index in [1.165, 1.54) is 7.11 Å². The van der Waals surface area contributed by atoms with E-state index in [2.05, 4.69) is 10.6 Å². The van der Waals surface area contributed by atoms with Crippen LogP contribution in [0.25, 0.3) is 0 Å². The van der Waals surface area contributed by atoms with Crippen LogP contribution < -0.4 is 15.4 Å². The molecule has 0 fully saturated rings. The number of carbonyl (C=O) groups excluding carboxylic acids is 2. The summed E-state index contributed by atoms with van der Waals surface area (Å²) in [6.07, 6.45) is 0.169. The highest BCUT2D eigenvalue weighted by molar-refractivity contribution is 5.97. The number of aliphatic hydroxyl groups excluding tert-OH is 1. The van der Waals surface area contributed by atoms with Gasteiger partial charge >= 0.3 is 0 Å². The van der Waals surface area contributed by atoms with Crippen molar-refractivity contribution in [3.05, 3.63) is 65.7 Å². The molecule has 6 heteroatoms. The molecule has 0 radical (unpaired) electrons. The van der Waals surface area contributed by atoms with E-state index in [4.69, 9.17) is 4.74 Å². The third kappa shape index (κ3) is 6.32. The molecule has 1 unspecified atom stereocenters. The van der Waals surface area contributed by atoms with Crippen molar-refractivity contribution in [1.29, 1.82) is 0 Å². The number of hydrogen-bond acceptors (Lipinski definition) is 4. The predicted molar refractivity (Wildman–Crippen MR) is 113 cm³/mol. The summed E-state index contributed by atoms with van der Waals surface area (Å²) in [5, 5.41) is 15.5. The van der Waals surface area contributed by atoms with Crippen molar-refractivity contribution in [3.8, 4) is 5.75 Å². The third-order valence-corrected chi connectivity index (χ3v) is 5.05. The molecular weight excluding hydrogens is 368 g/mol. The Kier molecular flexibility index (Phi) is 8.21. The topological polar surface area (TPSA) is 87.7 Å². The van der Waals surface area contributed by atoms with Crippen LogP contribution in [-0.4, -0.2) is 43.7 Å². The number of aliphatic hydroxyl groups is 1. The second-order valence-electron chi connectivity index (χ2n) is 7.62. The Morgan fingerprint density at radius 1 is 1.03 bits per heavy atom. The first kappa shape index (κ1) is 22.4. The van der Waals surface area contributed by atoms with Crippen molar-refractivity contribution < 1.29 is 19.4 Å². The largest absolute Gasteiger partial charge is 0.496 e. The lowest BCUT2D eigenvalue weighted by molar-refractivity contribution is -0.121. The van der Waals surface area contributed by atoms with E-state index in [-0.39, 0.29) is 42.7 Å². The molecule has 2 aromatic carbocycles. The van der Waals surface area contributed by atoms with Gasteiger partial charge in [0.25, 0.3) is 5.91 Å². The van der Waals surface area contributed by atoms with Crippen molar-refractivity contribution in [2.24, 2.45) is 5.41 Å². The molecule has 0 aromatic heterocycles. The summed E-state index contributed by atoms with van der Waals surface area (Å²) < 4.78 is 5.18. The van der Waals surface area contributed by atoms with Crippen molar-refractivity contribution in [2.45, 2.75) is 26.2 Å². The van der Waals surface area contributed by atoms with Gasteiger partial charge in [-0.1, -0.05) is 56.3 Å². The number of rotatable bonds is 10. The van der Waals surface area contributed by atoms with Crippen molar-refractivity contribution in [1.82, 2.24) is 10.6 Å². The van der Waals surface area contributed by atoms with E-state index >= 15 is 0 Å². The molecule has 156 valence electrons. The summed E-state index contributed by atoms with van der Waals surface area (Å²) in [6, 6.07) is 16.8. The first-order valence-corrected chi connectivity index (χ1v) is 9.72. The number of para-hydroxylation sites is 1. The van der Waals surface area contributed by atoms with Gasteiger partial charge in [-0.2, -0.15) is 0 Å². The molecule has 3 N–H and O–H groups in total. The summed E-state index contributed by atoms with van der Waals surface area (Å²) in [5.74, 6) is 0.0334. The van der Waals surface area contributed by atoms with Crippen LogP contribution in [-0.2, 0) is 4.79 Å². The molecule has 0 aliphatic carbocycles. The van der Waals surface area contributed by atoms with E-state index in [9.17, 15) is 14.7 Å². The van der Waals surface area contributed by atoms with Gasteiger partial charge in [-0.05, 0) is 23.1 Å². The second kappa shape index (κ2) is 10.6. The highest BCUT2D eigenvalue weighted by atomic mass is 16.5. The summed E-state index contributed by atoms with van der Waals surface area (Å²) >= 11 is 0. The molecule has 0 bridgehead atoms. The van der Waals surface area contributed by atoms with Gasteiger partial charge in [0, 0.05) is 32.0 Å². The van der Waals surface area contributed by atoms with Crippen LogP contribution in [0.5, 0.6) is 5.75 Å². The normalized spacial score (nSPS) is 12.1. The van der Waals surface area contributed by atoms with E-state index in [0.717, 1.165) is 5.56 Å². The quantitative estimate of drug-likeness (QED) is 0.574. The Morgan fingerprint density at radius 2 is 1.69 bits per heavy atom. The molecule has 6 nitrogen and oxygen atoms in total. The summed E-state index contributed by atoms with van der Waals surface area (Å²) in [7, 11) is 1.51. The van der Waals surface area contributed by atoms with E-state index in [0.29, 0.717) is 17.9 Å². The minimum absolute atomic E-state index is 0.0113. The van der Waals surface area contributed by atoms with Crippen molar-refractivity contribution >= 4 is 11.8 Å². The maximum Gasteiger partial charge on any atom is 0.255 e. The Labute approximate surface area is 172 Å². The van der Waals surface area contributed by atoms with E-state index < -0.39 is 0 Å². The Morgan fingerprint density at radius 3 is 2.34 bits per heavy atom. The van der Waals surface area contributed by atoms with Crippen LogP contribution >= 0.6 is 0 Å². The van der Waals surface area contributed by atoms with Gasteiger partial charge in [0.2, 0.25) is 5.91 Å². The predicted octanol–water partition coefficient (Wildman–Crippen LogP) is 2.73. The van der Waals surface area contributed by atoms with Gasteiger partial charge in [0.1, 0.15) is 5.75 Å². The summed E-state index contributed by atoms with van der Waals surface area (Å²) in [6.45, 7) is 4.60. The lowest BCUT2D eigenvalue weighted by Gasteiger charge is -2.33. The summed E-state index contributed by atoms with van der Waals surface area (Å²) in [4.78, 5) is 24.6. The average molecular weight is 399 g/mol. The fraction of sp³-hybridized carbons (Fsp3) is 0.391. The smallest absolute Gasteiger partial charge is 0.255 e. The van der Waals surface area contributed by atoms with Gasteiger partial charge in [-0.15, -0.1) is 0 Å². The molecule has 0 aliphatic heterocycles. The second-order valence-corrected chi connectivity index (χ2v) is 7.62. The Hall–Kier alpha value is -2.86. The molecular formula is C23H30N2O4. The van der Waals surface area contributed by atoms with Crippen molar-refractivity contribution in [2.75, 3.05) is 26.8 Å². The Bertz CT molecular complexity index is 806. The van der Waals surface area contributed by atoms with Crippen LogP contribution in [0.1, 0.15) is 42.1 Å². The van der Waals surface area contributed by atoms with Crippen LogP contribution in [0, 0.1) is 5.41 Å². The van der Waals surface area contributed by atoms with Crippen LogP contribution in [0.3, 0.4) is 0 Å². The zero-order valence-electron chi connectivity index (χ0n) is 17.3. The van der Waals surface area contributed by atoms with Crippen molar-refractivity contribution in [3.63, 3.8) is 0 Å². The fourth-order valence-electron chi connectivity index (χ4n) is 3.16. The molecule has 2 rings (SSSR count). The highest BCUT2D eigenvalue weighted by Gasteiger charge is 2.30. The summed E-state index contributed by atoms with van der Waals surface area (Å²) in [5.41, 5.74) is 1.12. The van der Waals surface area contributed by atoms with Gasteiger partial charge < -0.3 is 20.5 Å². The number of carbonyl (C=O) groups is 2. The lowest BCUT2D eigenvalue weighted by Crippen LogP contribution is -2.38. The molecule has 0 spiro atoms. The lowest BCUT2D eigenvalue weighted by atomic mass is 9.75. The molecule has 0 saturated carbocycles. The number of nitrogens with one attached hydrogen (secondary N) is 2. The van der Waals surface area contributed by atoms with E-state index in [1.807, 2.05) is 44.2 Å². The maximum atomic E-state index is 12.3. The van der Waals surface area contributed by atoms with E-state index in [1.54, 1.807) is 24.3 Å². The highest BCUT2D eigenvalue weighted by Crippen LogP contribution is 2.34. The molecule has 0 saturated heterocycles.